The normalized spacial score (nSPS) is 13.6. The molecule has 0 radical (unpaired) electrons. The van der Waals surface area contributed by atoms with Crippen LogP contribution < -0.4 is 15.0 Å². The zero-order chi connectivity index (χ0) is 23.5. The molecule has 1 N–H and O–H groups in total. The molecule has 0 saturated carbocycles. The van der Waals surface area contributed by atoms with Crippen LogP contribution in [0.4, 0.5) is 15.8 Å². The van der Waals surface area contributed by atoms with Gasteiger partial charge in [-0.1, -0.05) is 48.9 Å². The van der Waals surface area contributed by atoms with Gasteiger partial charge in [0.25, 0.3) is 11.8 Å². The number of amides is 2. The number of anilines is 2. The number of aryl methyl sites for hydroxylation is 2. The fourth-order valence-corrected chi connectivity index (χ4v) is 3.81. The van der Waals surface area contributed by atoms with Crippen LogP contribution in [-0.4, -0.2) is 18.4 Å². The van der Waals surface area contributed by atoms with Gasteiger partial charge in [0.1, 0.15) is 17.3 Å². The summed E-state index contributed by atoms with van der Waals surface area (Å²) in [5.41, 5.74) is 3.90. The van der Waals surface area contributed by atoms with E-state index in [9.17, 15) is 14.0 Å². The van der Waals surface area contributed by atoms with Gasteiger partial charge >= 0.3 is 0 Å². The molecule has 3 aromatic rings. The Morgan fingerprint density at radius 2 is 1.67 bits per heavy atom. The van der Waals surface area contributed by atoms with Gasteiger partial charge in [-0.3, -0.25) is 9.59 Å². The maximum Gasteiger partial charge on any atom is 0.282 e. The highest BCUT2D eigenvalue weighted by molar-refractivity contribution is 6.46. The predicted molar refractivity (Wildman–Crippen MR) is 128 cm³/mol. The number of hydrogen-bond donors (Lipinski definition) is 1. The van der Waals surface area contributed by atoms with E-state index in [-0.39, 0.29) is 11.3 Å². The van der Waals surface area contributed by atoms with E-state index < -0.39 is 17.6 Å². The Morgan fingerprint density at radius 3 is 2.36 bits per heavy atom. The Kier molecular flexibility index (Phi) is 6.27. The number of imide groups is 1. The molecule has 0 saturated heterocycles. The van der Waals surface area contributed by atoms with Crippen molar-refractivity contribution in [2.24, 2.45) is 0 Å². The number of halogens is 1. The van der Waals surface area contributed by atoms with Crippen molar-refractivity contribution in [1.29, 1.82) is 0 Å². The van der Waals surface area contributed by atoms with Crippen LogP contribution in [0.3, 0.4) is 0 Å². The number of nitrogens with one attached hydrogen (secondary N) is 1. The highest BCUT2D eigenvalue weighted by atomic mass is 19.1. The lowest BCUT2D eigenvalue weighted by molar-refractivity contribution is -0.120. The summed E-state index contributed by atoms with van der Waals surface area (Å²) >= 11 is 0. The average molecular weight is 445 g/mol. The third-order valence-corrected chi connectivity index (χ3v) is 5.43. The largest absolute Gasteiger partial charge is 0.491 e. The first kappa shape index (κ1) is 22.3. The molecule has 0 spiro atoms. The zero-order valence-electron chi connectivity index (χ0n) is 18.8. The highest BCUT2D eigenvalue weighted by Gasteiger charge is 2.41. The molecular formula is C27H25FN2O3. The summed E-state index contributed by atoms with van der Waals surface area (Å²) in [6.07, 6.45) is 0.787. The van der Waals surface area contributed by atoms with Gasteiger partial charge < -0.3 is 10.1 Å². The molecule has 33 heavy (non-hydrogen) atoms. The summed E-state index contributed by atoms with van der Waals surface area (Å²) in [5.74, 6) is -0.958. The van der Waals surface area contributed by atoms with Crippen molar-refractivity contribution in [2.45, 2.75) is 27.2 Å². The van der Waals surface area contributed by atoms with E-state index in [2.05, 4.69) is 5.32 Å². The molecule has 0 bridgehead atoms. The second kappa shape index (κ2) is 9.28. The van der Waals surface area contributed by atoms with E-state index in [0.29, 0.717) is 29.3 Å². The lowest BCUT2D eigenvalue weighted by Gasteiger charge is -2.19. The smallest absolute Gasteiger partial charge is 0.282 e. The van der Waals surface area contributed by atoms with Crippen LogP contribution in [0.1, 0.15) is 30.0 Å². The molecule has 5 nitrogen and oxygen atoms in total. The standard InChI is InChI=1S/C27H25FN2O3/c1-4-15-33-23-8-6-5-7-22(23)30-26(31)24(19-10-12-20(28)13-11-19)25(27(30)32)29-21-14-9-17(2)16-18(21)3/h5-14,16,29H,4,15H2,1-3H3. The Morgan fingerprint density at radius 1 is 0.939 bits per heavy atom. The molecule has 6 heteroatoms. The maximum absolute atomic E-state index is 13.6. The van der Waals surface area contributed by atoms with E-state index in [1.807, 2.05) is 39.0 Å². The molecule has 0 fully saturated rings. The second-order valence-corrected chi connectivity index (χ2v) is 7.96. The van der Waals surface area contributed by atoms with Crippen LogP contribution in [0.5, 0.6) is 5.75 Å². The van der Waals surface area contributed by atoms with Crippen molar-refractivity contribution < 1.29 is 18.7 Å². The summed E-state index contributed by atoms with van der Waals surface area (Å²) in [4.78, 5) is 28.4. The Bertz CT molecular complexity index is 1250. The van der Waals surface area contributed by atoms with Gasteiger partial charge in [-0.05, 0) is 61.7 Å². The first-order valence-corrected chi connectivity index (χ1v) is 10.9. The molecule has 1 aliphatic heterocycles. The fourth-order valence-electron chi connectivity index (χ4n) is 3.81. The second-order valence-electron chi connectivity index (χ2n) is 7.96. The van der Waals surface area contributed by atoms with Crippen LogP contribution >= 0.6 is 0 Å². The minimum absolute atomic E-state index is 0.142. The van der Waals surface area contributed by atoms with Crippen molar-refractivity contribution in [3.8, 4) is 5.75 Å². The summed E-state index contributed by atoms with van der Waals surface area (Å²) in [6.45, 7) is 6.35. The summed E-state index contributed by atoms with van der Waals surface area (Å²) in [6, 6.07) is 18.3. The molecule has 0 aliphatic carbocycles. The average Bonchev–Trinajstić information content (AvgIpc) is 3.04. The third-order valence-electron chi connectivity index (χ3n) is 5.43. The molecule has 0 aromatic heterocycles. The van der Waals surface area contributed by atoms with Gasteiger partial charge in [-0.2, -0.15) is 0 Å². The molecule has 4 rings (SSSR count). The number of benzene rings is 3. The van der Waals surface area contributed by atoms with E-state index in [0.717, 1.165) is 22.4 Å². The van der Waals surface area contributed by atoms with E-state index >= 15 is 0 Å². The summed E-state index contributed by atoms with van der Waals surface area (Å²) < 4.78 is 19.4. The molecule has 3 aromatic carbocycles. The predicted octanol–water partition coefficient (Wildman–Crippen LogP) is 5.63. The van der Waals surface area contributed by atoms with Crippen LogP contribution in [0, 0.1) is 19.7 Å². The van der Waals surface area contributed by atoms with Crippen molar-refractivity contribution in [3.05, 3.63) is 94.9 Å². The van der Waals surface area contributed by atoms with Gasteiger partial charge in [0.15, 0.2) is 0 Å². The molecule has 168 valence electrons. The number of ether oxygens (including phenoxy) is 1. The highest BCUT2D eigenvalue weighted by Crippen LogP contribution is 2.38. The SMILES string of the molecule is CCCOc1ccccc1N1C(=O)C(Nc2ccc(C)cc2C)=C(c2ccc(F)cc2)C1=O. The van der Waals surface area contributed by atoms with Crippen molar-refractivity contribution in [2.75, 3.05) is 16.8 Å². The lowest BCUT2D eigenvalue weighted by atomic mass is 10.0. The Hall–Kier alpha value is -3.93. The van der Waals surface area contributed by atoms with Crippen molar-refractivity contribution >= 4 is 28.8 Å². The first-order valence-electron chi connectivity index (χ1n) is 10.9. The molecule has 0 atom stereocenters. The van der Waals surface area contributed by atoms with Gasteiger partial charge in [-0.15, -0.1) is 0 Å². The van der Waals surface area contributed by atoms with Gasteiger partial charge in [-0.25, -0.2) is 9.29 Å². The molecule has 1 heterocycles. The van der Waals surface area contributed by atoms with Crippen molar-refractivity contribution in [3.63, 3.8) is 0 Å². The van der Waals surface area contributed by atoms with Crippen LogP contribution in [0.25, 0.3) is 5.57 Å². The Labute approximate surface area is 192 Å². The van der Waals surface area contributed by atoms with E-state index in [1.165, 1.54) is 24.3 Å². The first-order chi connectivity index (χ1) is 15.9. The number of carbonyl (C=O) groups is 2. The Balaban J connectivity index is 1.82. The molecule has 2 amide bonds. The quantitative estimate of drug-likeness (QED) is 0.480. The zero-order valence-corrected chi connectivity index (χ0v) is 18.8. The number of nitrogens with zero attached hydrogens (tertiary/aromatic N) is 1. The number of carbonyl (C=O) groups excluding carboxylic acids is 2. The van der Waals surface area contributed by atoms with E-state index in [4.69, 9.17) is 4.74 Å². The van der Waals surface area contributed by atoms with Gasteiger partial charge in [0.2, 0.25) is 0 Å². The third kappa shape index (κ3) is 4.37. The molecular weight excluding hydrogens is 419 g/mol. The monoisotopic (exact) mass is 444 g/mol. The molecule has 0 unspecified atom stereocenters. The minimum Gasteiger partial charge on any atom is -0.491 e. The lowest BCUT2D eigenvalue weighted by Crippen LogP contribution is -2.32. The topological polar surface area (TPSA) is 58.6 Å². The minimum atomic E-state index is -0.494. The van der Waals surface area contributed by atoms with Gasteiger partial charge in [0, 0.05) is 5.69 Å². The number of rotatable bonds is 7. The number of hydrogen-bond acceptors (Lipinski definition) is 4. The van der Waals surface area contributed by atoms with Gasteiger partial charge in [0.05, 0.1) is 17.9 Å². The van der Waals surface area contributed by atoms with E-state index in [1.54, 1.807) is 24.3 Å². The fraction of sp³-hybridized carbons (Fsp3) is 0.185. The van der Waals surface area contributed by atoms with Crippen LogP contribution in [0.2, 0.25) is 0 Å². The maximum atomic E-state index is 13.6. The summed E-state index contributed by atoms with van der Waals surface area (Å²) in [5, 5.41) is 3.18. The van der Waals surface area contributed by atoms with Crippen LogP contribution in [0.15, 0.2) is 72.4 Å². The number of para-hydroxylation sites is 2. The summed E-state index contributed by atoms with van der Waals surface area (Å²) in [7, 11) is 0. The molecule has 1 aliphatic rings. The van der Waals surface area contributed by atoms with Crippen molar-refractivity contribution in [1.82, 2.24) is 0 Å². The van der Waals surface area contributed by atoms with Crippen LogP contribution in [-0.2, 0) is 9.59 Å².